The molecule has 106 valence electrons. The number of hydrogen-bond acceptors (Lipinski definition) is 5. The molecule has 1 atom stereocenters. The number of nitrogens with one attached hydrogen (secondary N) is 2. The summed E-state index contributed by atoms with van der Waals surface area (Å²) in [5, 5.41) is 13.8. The van der Waals surface area contributed by atoms with Crippen molar-refractivity contribution in [3.8, 4) is 0 Å². The number of sulfonamides is 1. The van der Waals surface area contributed by atoms with E-state index in [1.807, 2.05) is 0 Å². The third kappa shape index (κ3) is 3.63. The summed E-state index contributed by atoms with van der Waals surface area (Å²) in [6, 6.07) is 5.11. The molecule has 1 aromatic carbocycles. The second-order valence-electron chi connectivity index (χ2n) is 4.04. The molecule has 1 saturated heterocycles. The van der Waals surface area contributed by atoms with Crippen LogP contribution in [0.25, 0.3) is 0 Å². The van der Waals surface area contributed by atoms with Crippen LogP contribution in [-0.4, -0.2) is 32.5 Å². The number of nitro benzene ring substituents is 1. The van der Waals surface area contributed by atoms with Crippen LogP contribution in [0.4, 0.5) is 5.69 Å². The van der Waals surface area contributed by atoms with E-state index in [9.17, 15) is 18.5 Å². The Bertz CT molecular complexity index is 558. The maximum Gasteiger partial charge on any atom is 0.289 e. The van der Waals surface area contributed by atoms with Gasteiger partial charge in [0.05, 0.1) is 4.92 Å². The second-order valence-corrected chi connectivity index (χ2v) is 5.72. The van der Waals surface area contributed by atoms with Gasteiger partial charge in [-0.15, -0.1) is 12.4 Å². The van der Waals surface area contributed by atoms with Crippen LogP contribution < -0.4 is 10.0 Å². The smallest absolute Gasteiger partial charge is 0.289 e. The average Bonchev–Trinajstić information content (AvgIpc) is 2.81. The Morgan fingerprint density at radius 2 is 2.05 bits per heavy atom. The van der Waals surface area contributed by atoms with E-state index in [2.05, 4.69) is 10.0 Å². The van der Waals surface area contributed by atoms with Gasteiger partial charge in [0.2, 0.25) is 10.0 Å². The molecule has 0 saturated carbocycles. The van der Waals surface area contributed by atoms with Gasteiger partial charge in [0, 0.05) is 18.7 Å². The standard InChI is InChI=1S/C10H13N3O4S.ClH/c14-13(15)9-3-1-2-4-10(9)18(16,17)12-8-5-6-11-7-8;/h1-4,8,11-12H,5-7H2;1H. The Balaban J connectivity index is 0.00000180. The lowest BCUT2D eigenvalue weighted by molar-refractivity contribution is -0.387. The average molecular weight is 308 g/mol. The van der Waals surface area contributed by atoms with Gasteiger partial charge < -0.3 is 5.32 Å². The molecule has 1 fully saturated rings. The van der Waals surface area contributed by atoms with Crippen molar-refractivity contribution < 1.29 is 13.3 Å². The molecule has 1 aliphatic heterocycles. The number of halogens is 1. The van der Waals surface area contributed by atoms with E-state index in [1.54, 1.807) is 0 Å². The number of hydrogen-bond donors (Lipinski definition) is 2. The van der Waals surface area contributed by atoms with Gasteiger partial charge in [0.1, 0.15) is 0 Å². The summed E-state index contributed by atoms with van der Waals surface area (Å²) in [6.07, 6.45) is 0.680. The van der Waals surface area contributed by atoms with Gasteiger partial charge >= 0.3 is 0 Å². The minimum absolute atomic E-state index is 0. The molecular weight excluding hydrogens is 294 g/mol. The van der Waals surface area contributed by atoms with Crippen molar-refractivity contribution in [3.05, 3.63) is 34.4 Å². The summed E-state index contributed by atoms with van der Waals surface area (Å²) < 4.78 is 26.6. The Hall–Kier alpha value is -1.22. The lowest BCUT2D eigenvalue weighted by Crippen LogP contribution is -2.36. The zero-order valence-electron chi connectivity index (χ0n) is 9.90. The molecule has 1 heterocycles. The number of benzene rings is 1. The van der Waals surface area contributed by atoms with Crippen molar-refractivity contribution in [3.63, 3.8) is 0 Å². The van der Waals surface area contributed by atoms with Crippen LogP contribution in [0, 0.1) is 10.1 Å². The van der Waals surface area contributed by atoms with E-state index in [1.165, 1.54) is 24.3 Å². The predicted molar refractivity (Wildman–Crippen MR) is 71.9 cm³/mol. The molecule has 0 aliphatic carbocycles. The number of nitrogens with zero attached hydrogens (tertiary/aromatic N) is 1. The molecule has 0 bridgehead atoms. The minimum Gasteiger partial charge on any atom is -0.315 e. The SMILES string of the molecule is Cl.O=[N+]([O-])c1ccccc1S(=O)(=O)NC1CCNC1. The van der Waals surface area contributed by atoms with Crippen molar-refractivity contribution >= 4 is 28.1 Å². The largest absolute Gasteiger partial charge is 0.315 e. The fraction of sp³-hybridized carbons (Fsp3) is 0.400. The Morgan fingerprint density at radius 1 is 1.37 bits per heavy atom. The first-order valence-corrected chi connectivity index (χ1v) is 6.95. The maximum atomic E-state index is 12.1. The highest BCUT2D eigenvalue weighted by Crippen LogP contribution is 2.23. The highest BCUT2D eigenvalue weighted by molar-refractivity contribution is 7.89. The van der Waals surface area contributed by atoms with Crippen LogP contribution in [0.3, 0.4) is 0 Å². The van der Waals surface area contributed by atoms with Crippen LogP contribution in [0.15, 0.2) is 29.2 Å². The quantitative estimate of drug-likeness (QED) is 0.628. The molecule has 0 radical (unpaired) electrons. The third-order valence-electron chi connectivity index (χ3n) is 2.73. The van der Waals surface area contributed by atoms with Gasteiger partial charge in [-0.05, 0) is 19.0 Å². The predicted octanol–water partition coefficient (Wildman–Crippen LogP) is 0.657. The molecule has 0 aromatic heterocycles. The minimum atomic E-state index is -3.85. The third-order valence-corrected chi connectivity index (χ3v) is 4.30. The van der Waals surface area contributed by atoms with Crippen molar-refractivity contribution in [2.45, 2.75) is 17.4 Å². The Labute approximate surface area is 117 Å². The molecule has 2 rings (SSSR count). The molecule has 1 aromatic rings. The summed E-state index contributed by atoms with van der Waals surface area (Å²) in [4.78, 5) is 9.82. The van der Waals surface area contributed by atoms with Gasteiger partial charge in [0.15, 0.2) is 4.90 Å². The van der Waals surface area contributed by atoms with Crippen molar-refractivity contribution in [2.24, 2.45) is 0 Å². The van der Waals surface area contributed by atoms with Crippen LogP contribution in [0.5, 0.6) is 0 Å². The van der Waals surface area contributed by atoms with E-state index in [0.717, 1.165) is 6.54 Å². The van der Waals surface area contributed by atoms with Gasteiger partial charge in [-0.1, -0.05) is 12.1 Å². The Kier molecular flexibility index (Phi) is 5.24. The van der Waals surface area contributed by atoms with Crippen molar-refractivity contribution in [2.75, 3.05) is 13.1 Å². The summed E-state index contributed by atoms with van der Waals surface area (Å²) in [6.45, 7) is 1.28. The number of para-hydroxylation sites is 1. The second kappa shape index (κ2) is 6.29. The first-order valence-electron chi connectivity index (χ1n) is 5.47. The number of nitro groups is 1. The monoisotopic (exact) mass is 307 g/mol. The van der Waals surface area contributed by atoms with Crippen molar-refractivity contribution in [1.29, 1.82) is 0 Å². The highest BCUT2D eigenvalue weighted by atomic mass is 35.5. The van der Waals surface area contributed by atoms with Crippen LogP contribution in [-0.2, 0) is 10.0 Å². The molecule has 2 N–H and O–H groups in total. The van der Waals surface area contributed by atoms with Crippen LogP contribution in [0.1, 0.15) is 6.42 Å². The molecule has 0 amide bonds. The fourth-order valence-corrected chi connectivity index (χ4v) is 3.32. The Morgan fingerprint density at radius 3 is 2.63 bits per heavy atom. The lowest BCUT2D eigenvalue weighted by atomic mass is 10.3. The molecular formula is C10H14ClN3O4S. The van der Waals surface area contributed by atoms with Gasteiger partial charge in [-0.25, -0.2) is 13.1 Å². The van der Waals surface area contributed by atoms with E-state index in [0.29, 0.717) is 13.0 Å². The summed E-state index contributed by atoms with van der Waals surface area (Å²) in [7, 11) is -3.85. The van der Waals surface area contributed by atoms with E-state index < -0.39 is 20.6 Å². The molecule has 19 heavy (non-hydrogen) atoms. The fourth-order valence-electron chi connectivity index (χ4n) is 1.87. The molecule has 1 unspecified atom stereocenters. The molecule has 7 nitrogen and oxygen atoms in total. The zero-order valence-corrected chi connectivity index (χ0v) is 11.5. The highest BCUT2D eigenvalue weighted by Gasteiger charge is 2.28. The normalized spacial score (nSPS) is 18.8. The number of rotatable bonds is 4. The summed E-state index contributed by atoms with van der Waals surface area (Å²) >= 11 is 0. The van der Waals surface area contributed by atoms with Gasteiger partial charge in [-0.2, -0.15) is 0 Å². The maximum absolute atomic E-state index is 12.1. The summed E-state index contributed by atoms with van der Waals surface area (Å²) in [5.41, 5.74) is -0.407. The topological polar surface area (TPSA) is 101 Å². The first-order chi connectivity index (χ1) is 8.50. The van der Waals surface area contributed by atoms with Gasteiger partial charge in [-0.3, -0.25) is 10.1 Å². The van der Waals surface area contributed by atoms with E-state index in [4.69, 9.17) is 0 Å². The van der Waals surface area contributed by atoms with Crippen LogP contribution in [0.2, 0.25) is 0 Å². The molecule has 0 spiro atoms. The zero-order chi connectivity index (χ0) is 13.2. The van der Waals surface area contributed by atoms with E-state index in [-0.39, 0.29) is 23.3 Å². The van der Waals surface area contributed by atoms with Crippen molar-refractivity contribution in [1.82, 2.24) is 10.0 Å². The lowest BCUT2D eigenvalue weighted by Gasteiger charge is -2.11. The van der Waals surface area contributed by atoms with Gasteiger partial charge in [0.25, 0.3) is 5.69 Å². The molecule has 1 aliphatic rings. The summed E-state index contributed by atoms with van der Waals surface area (Å²) in [5.74, 6) is 0. The van der Waals surface area contributed by atoms with E-state index >= 15 is 0 Å². The first kappa shape index (κ1) is 15.8. The van der Waals surface area contributed by atoms with Crippen LogP contribution >= 0.6 is 12.4 Å². The molecule has 9 heteroatoms.